The van der Waals surface area contributed by atoms with Crippen molar-refractivity contribution in [2.24, 2.45) is 0 Å². The van der Waals surface area contributed by atoms with E-state index >= 15 is 0 Å². The summed E-state index contributed by atoms with van der Waals surface area (Å²) in [6.45, 7) is 3.89. The van der Waals surface area contributed by atoms with Gasteiger partial charge in [-0.25, -0.2) is 4.98 Å². The van der Waals surface area contributed by atoms with E-state index in [-0.39, 0.29) is 5.91 Å². The number of anilines is 1. The van der Waals surface area contributed by atoms with Crippen LogP contribution in [-0.4, -0.2) is 15.9 Å². The van der Waals surface area contributed by atoms with Crippen LogP contribution in [0.3, 0.4) is 0 Å². The number of benzene rings is 1. The number of thiazole rings is 1. The Morgan fingerprint density at radius 3 is 2.77 bits per heavy atom. The van der Waals surface area contributed by atoms with Crippen LogP contribution in [0.15, 0.2) is 48.8 Å². The molecule has 1 amide bonds. The van der Waals surface area contributed by atoms with Gasteiger partial charge in [0.15, 0.2) is 5.13 Å². The number of carbonyl (C=O) groups is 1. The van der Waals surface area contributed by atoms with E-state index < -0.39 is 0 Å². The third kappa shape index (κ3) is 3.04. The van der Waals surface area contributed by atoms with E-state index in [1.165, 1.54) is 11.3 Å². The first-order valence-corrected chi connectivity index (χ1v) is 7.71. The van der Waals surface area contributed by atoms with Gasteiger partial charge >= 0.3 is 0 Å². The molecule has 0 aliphatic carbocycles. The Morgan fingerprint density at radius 2 is 2.05 bits per heavy atom. The largest absolute Gasteiger partial charge is 0.298 e. The first-order chi connectivity index (χ1) is 10.6. The highest BCUT2D eigenvalue weighted by molar-refractivity contribution is 7.19. The predicted octanol–water partition coefficient (Wildman–Crippen LogP) is 4.07. The van der Waals surface area contributed by atoms with Crippen LogP contribution in [0.25, 0.3) is 10.4 Å². The fourth-order valence-electron chi connectivity index (χ4n) is 2.17. The van der Waals surface area contributed by atoms with Gasteiger partial charge in [-0.2, -0.15) is 0 Å². The normalized spacial score (nSPS) is 10.5. The molecule has 2 aromatic heterocycles. The van der Waals surface area contributed by atoms with Crippen LogP contribution in [0.5, 0.6) is 0 Å². The lowest BCUT2D eigenvalue weighted by molar-refractivity contribution is 0.102. The van der Waals surface area contributed by atoms with Gasteiger partial charge in [0.1, 0.15) is 0 Å². The lowest BCUT2D eigenvalue weighted by atomic mass is 10.1. The van der Waals surface area contributed by atoms with E-state index in [0.717, 1.165) is 21.7 Å². The maximum Gasteiger partial charge on any atom is 0.257 e. The summed E-state index contributed by atoms with van der Waals surface area (Å²) in [5.41, 5.74) is 3.58. The number of aromatic nitrogens is 2. The van der Waals surface area contributed by atoms with Gasteiger partial charge in [-0.1, -0.05) is 35.1 Å². The van der Waals surface area contributed by atoms with Crippen LogP contribution in [-0.2, 0) is 0 Å². The molecule has 0 spiro atoms. The summed E-state index contributed by atoms with van der Waals surface area (Å²) in [4.78, 5) is 21.8. The summed E-state index contributed by atoms with van der Waals surface area (Å²) in [6, 6.07) is 11.4. The van der Waals surface area contributed by atoms with Gasteiger partial charge in [0, 0.05) is 23.5 Å². The van der Waals surface area contributed by atoms with Crippen LogP contribution >= 0.6 is 11.3 Å². The molecular weight excluding hydrogens is 294 g/mol. The van der Waals surface area contributed by atoms with Crippen molar-refractivity contribution in [2.75, 3.05) is 5.32 Å². The molecule has 1 N–H and O–H groups in total. The first-order valence-electron chi connectivity index (χ1n) is 6.89. The van der Waals surface area contributed by atoms with Gasteiger partial charge in [0.25, 0.3) is 5.91 Å². The molecule has 0 unspecified atom stereocenters. The summed E-state index contributed by atoms with van der Waals surface area (Å²) < 4.78 is 0. The molecule has 0 aliphatic heterocycles. The smallest absolute Gasteiger partial charge is 0.257 e. The Morgan fingerprint density at radius 1 is 1.18 bits per heavy atom. The Hall–Kier alpha value is -2.53. The lowest BCUT2D eigenvalue weighted by Gasteiger charge is -2.02. The summed E-state index contributed by atoms with van der Waals surface area (Å²) in [5, 5.41) is 3.46. The maximum atomic E-state index is 12.3. The quantitative estimate of drug-likeness (QED) is 0.793. The zero-order chi connectivity index (χ0) is 15.5. The molecule has 5 heteroatoms. The highest BCUT2D eigenvalue weighted by atomic mass is 32.1. The second-order valence-corrected chi connectivity index (χ2v) is 6.00. The molecule has 2 heterocycles. The second kappa shape index (κ2) is 6.07. The molecule has 0 fully saturated rings. The van der Waals surface area contributed by atoms with Gasteiger partial charge in [0.05, 0.1) is 10.6 Å². The monoisotopic (exact) mass is 309 g/mol. The number of pyridine rings is 1. The topological polar surface area (TPSA) is 54.9 Å². The minimum absolute atomic E-state index is 0.143. The van der Waals surface area contributed by atoms with Crippen molar-refractivity contribution in [2.45, 2.75) is 13.8 Å². The van der Waals surface area contributed by atoms with Crippen molar-refractivity contribution in [3.63, 3.8) is 0 Å². The Bertz CT molecular complexity index is 812. The van der Waals surface area contributed by atoms with Crippen LogP contribution in [0, 0.1) is 13.8 Å². The van der Waals surface area contributed by atoms with Gasteiger partial charge in [-0.3, -0.25) is 15.1 Å². The Labute approximate surface area is 132 Å². The molecule has 0 bridgehead atoms. The number of carbonyl (C=O) groups excluding carboxylic acids is 1. The average Bonchev–Trinajstić information content (AvgIpc) is 2.88. The van der Waals surface area contributed by atoms with E-state index in [9.17, 15) is 4.79 Å². The van der Waals surface area contributed by atoms with Crippen LogP contribution in [0.1, 0.15) is 21.6 Å². The van der Waals surface area contributed by atoms with E-state index in [1.807, 2.05) is 44.2 Å². The van der Waals surface area contributed by atoms with Crippen molar-refractivity contribution < 1.29 is 4.79 Å². The summed E-state index contributed by atoms with van der Waals surface area (Å²) in [7, 11) is 0. The standard InChI is InChI=1S/C17H15N3OS/c1-11-5-3-6-13(9-11)16(21)20-17-19-12(2)15(22-17)14-7-4-8-18-10-14/h3-10H,1-2H3,(H,19,20,21). The minimum atomic E-state index is -0.143. The molecule has 0 saturated heterocycles. The maximum absolute atomic E-state index is 12.3. The third-order valence-corrected chi connectivity index (χ3v) is 4.34. The molecular formula is C17H15N3OS. The molecule has 1 aromatic carbocycles. The molecule has 3 rings (SSSR count). The van der Waals surface area contributed by atoms with E-state index in [1.54, 1.807) is 18.5 Å². The van der Waals surface area contributed by atoms with Gasteiger partial charge < -0.3 is 0 Å². The van der Waals surface area contributed by atoms with E-state index in [2.05, 4.69) is 15.3 Å². The molecule has 0 saturated carbocycles. The Kier molecular flexibility index (Phi) is 3.98. The Balaban J connectivity index is 1.84. The molecule has 110 valence electrons. The van der Waals surface area contributed by atoms with Crippen molar-refractivity contribution in [1.82, 2.24) is 9.97 Å². The average molecular weight is 309 g/mol. The fourth-order valence-corrected chi connectivity index (χ4v) is 3.12. The van der Waals surface area contributed by atoms with Gasteiger partial charge in [-0.15, -0.1) is 0 Å². The molecule has 0 radical (unpaired) electrons. The van der Waals surface area contributed by atoms with Crippen molar-refractivity contribution in [1.29, 1.82) is 0 Å². The summed E-state index contributed by atoms with van der Waals surface area (Å²) >= 11 is 1.46. The van der Waals surface area contributed by atoms with E-state index in [0.29, 0.717) is 10.7 Å². The van der Waals surface area contributed by atoms with Crippen LogP contribution in [0.2, 0.25) is 0 Å². The summed E-state index contributed by atoms with van der Waals surface area (Å²) in [5.74, 6) is -0.143. The molecule has 22 heavy (non-hydrogen) atoms. The zero-order valence-electron chi connectivity index (χ0n) is 12.3. The van der Waals surface area contributed by atoms with Crippen molar-refractivity contribution in [3.05, 3.63) is 65.6 Å². The van der Waals surface area contributed by atoms with Crippen molar-refractivity contribution in [3.8, 4) is 10.4 Å². The number of aryl methyl sites for hydroxylation is 2. The van der Waals surface area contributed by atoms with E-state index in [4.69, 9.17) is 0 Å². The SMILES string of the molecule is Cc1cccc(C(=O)Nc2nc(C)c(-c3cccnc3)s2)c1. The van der Waals surface area contributed by atoms with Crippen LogP contribution < -0.4 is 5.32 Å². The summed E-state index contributed by atoms with van der Waals surface area (Å²) in [6.07, 6.45) is 3.53. The molecule has 4 nitrogen and oxygen atoms in total. The second-order valence-electron chi connectivity index (χ2n) is 5.00. The highest BCUT2D eigenvalue weighted by Gasteiger charge is 2.13. The first kappa shape index (κ1) is 14.4. The number of nitrogens with one attached hydrogen (secondary N) is 1. The molecule has 0 aliphatic rings. The lowest BCUT2D eigenvalue weighted by Crippen LogP contribution is -2.11. The number of hydrogen-bond donors (Lipinski definition) is 1. The van der Waals surface area contributed by atoms with Gasteiger partial charge in [-0.05, 0) is 32.0 Å². The third-order valence-electron chi connectivity index (χ3n) is 3.22. The number of hydrogen-bond acceptors (Lipinski definition) is 4. The zero-order valence-corrected chi connectivity index (χ0v) is 13.1. The number of rotatable bonds is 3. The van der Waals surface area contributed by atoms with Gasteiger partial charge in [0.2, 0.25) is 0 Å². The molecule has 0 atom stereocenters. The van der Waals surface area contributed by atoms with Crippen molar-refractivity contribution >= 4 is 22.4 Å². The highest BCUT2D eigenvalue weighted by Crippen LogP contribution is 2.32. The number of nitrogens with zero attached hydrogens (tertiary/aromatic N) is 2. The molecule has 3 aromatic rings. The minimum Gasteiger partial charge on any atom is -0.298 e. The predicted molar refractivity (Wildman–Crippen MR) is 89.2 cm³/mol. The number of amides is 1. The van der Waals surface area contributed by atoms with Crippen LogP contribution in [0.4, 0.5) is 5.13 Å². The fraction of sp³-hybridized carbons (Fsp3) is 0.118.